The molecule has 2 N–H and O–H groups in total. The van der Waals surface area contributed by atoms with E-state index in [1.165, 1.54) is 5.56 Å². The number of pyridine rings is 1. The zero-order chi connectivity index (χ0) is 17.8. The Labute approximate surface area is 150 Å². The van der Waals surface area contributed by atoms with E-state index >= 15 is 0 Å². The van der Waals surface area contributed by atoms with Crippen LogP contribution in [0.3, 0.4) is 0 Å². The van der Waals surface area contributed by atoms with E-state index in [4.69, 9.17) is 5.73 Å². The number of hydrogen-bond donors (Lipinski definition) is 1. The minimum Gasteiger partial charge on any atom is -0.393 e. The number of nitrogens with zero attached hydrogens (tertiary/aromatic N) is 2. The van der Waals surface area contributed by atoms with E-state index in [9.17, 15) is 4.79 Å². The second-order valence-electron chi connectivity index (χ2n) is 7.47. The molecule has 25 heavy (non-hydrogen) atoms. The summed E-state index contributed by atoms with van der Waals surface area (Å²) in [4.78, 5) is 14.8. The van der Waals surface area contributed by atoms with E-state index in [-0.39, 0.29) is 5.56 Å². The summed E-state index contributed by atoms with van der Waals surface area (Å²) in [6.45, 7) is 6.95. The average molecular weight is 339 g/mol. The predicted octanol–water partition coefficient (Wildman–Crippen LogP) is 3.86. The lowest BCUT2D eigenvalue weighted by Gasteiger charge is -2.34. The zero-order valence-corrected chi connectivity index (χ0v) is 15.3. The smallest absolute Gasteiger partial charge is 0.275 e. The second kappa shape index (κ2) is 7.77. The van der Waals surface area contributed by atoms with Gasteiger partial charge in [0.05, 0.1) is 5.69 Å². The highest BCUT2D eigenvalue weighted by Gasteiger charge is 2.22. The van der Waals surface area contributed by atoms with Crippen LogP contribution in [-0.2, 0) is 6.54 Å². The van der Waals surface area contributed by atoms with Gasteiger partial charge in [0.25, 0.3) is 5.56 Å². The van der Waals surface area contributed by atoms with E-state index in [1.54, 1.807) is 4.57 Å². The summed E-state index contributed by atoms with van der Waals surface area (Å²) in [5, 5.41) is 0. The molecule has 0 amide bonds. The third-order valence-corrected chi connectivity index (χ3v) is 5.23. The van der Waals surface area contributed by atoms with Gasteiger partial charge in [-0.05, 0) is 42.7 Å². The van der Waals surface area contributed by atoms with Crippen molar-refractivity contribution in [2.24, 2.45) is 5.92 Å². The first-order valence-corrected chi connectivity index (χ1v) is 9.35. The molecular formula is C21H29N3O. The third kappa shape index (κ3) is 4.06. The second-order valence-corrected chi connectivity index (χ2v) is 7.47. The Hall–Kier alpha value is -2.23. The molecule has 0 spiro atoms. The molecule has 3 rings (SSSR count). The number of benzene rings is 1. The maximum atomic E-state index is 12.5. The minimum atomic E-state index is -0.0525. The summed E-state index contributed by atoms with van der Waals surface area (Å²) in [6, 6.07) is 12.7. The van der Waals surface area contributed by atoms with Crippen LogP contribution in [0.4, 0.5) is 11.4 Å². The Morgan fingerprint density at radius 1 is 1.12 bits per heavy atom. The van der Waals surface area contributed by atoms with Crippen LogP contribution in [0.25, 0.3) is 0 Å². The van der Waals surface area contributed by atoms with Crippen molar-refractivity contribution in [1.82, 2.24) is 4.57 Å². The molecule has 1 saturated heterocycles. The van der Waals surface area contributed by atoms with Crippen LogP contribution >= 0.6 is 0 Å². The van der Waals surface area contributed by atoms with Crippen molar-refractivity contribution in [3.8, 4) is 0 Å². The molecule has 134 valence electrons. The van der Waals surface area contributed by atoms with E-state index in [0.717, 1.165) is 44.6 Å². The first-order valence-electron chi connectivity index (χ1n) is 9.35. The lowest BCUT2D eigenvalue weighted by Crippen LogP contribution is -2.35. The van der Waals surface area contributed by atoms with Crippen LogP contribution in [0.5, 0.6) is 0 Å². The number of nitrogen functional groups attached to an aromatic ring is 1. The molecule has 1 aromatic heterocycles. The molecule has 2 aromatic rings. The summed E-state index contributed by atoms with van der Waals surface area (Å²) in [6.07, 6.45) is 5.08. The Morgan fingerprint density at radius 3 is 2.44 bits per heavy atom. The summed E-state index contributed by atoms with van der Waals surface area (Å²) >= 11 is 0. The Morgan fingerprint density at radius 2 is 1.80 bits per heavy atom. The van der Waals surface area contributed by atoms with Gasteiger partial charge in [-0.25, -0.2) is 0 Å². The standard InChI is InChI=1S/C21H29N3O/c1-16(2)8-12-24-15-11-19(20(22)21(24)25)23-13-9-18(10-14-23)17-6-4-3-5-7-17/h3-7,11,15-16,18H,8-10,12-14,22H2,1-2H3. The van der Waals surface area contributed by atoms with Gasteiger partial charge in [-0.15, -0.1) is 0 Å². The first kappa shape index (κ1) is 17.6. The highest BCUT2D eigenvalue weighted by atomic mass is 16.1. The number of anilines is 2. The van der Waals surface area contributed by atoms with Crippen molar-refractivity contribution in [2.45, 2.75) is 45.6 Å². The number of aryl methyl sites for hydroxylation is 1. The van der Waals surface area contributed by atoms with Gasteiger partial charge in [-0.2, -0.15) is 0 Å². The molecule has 1 aliphatic heterocycles. The van der Waals surface area contributed by atoms with Crippen molar-refractivity contribution in [2.75, 3.05) is 23.7 Å². The number of nitrogens with two attached hydrogens (primary N) is 1. The zero-order valence-electron chi connectivity index (χ0n) is 15.3. The van der Waals surface area contributed by atoms with E-state index < -0.39 is 0 Å². The molecule has 4 heteroatoms. The summed E-state index contributed by atoms with van der Waals surface area (Å²) in [5.41, 5.74) is 8.85. The lowest BCUT2D eigenvalue weighted by atomic mass is 9.89. The highest BCUT2D eigenvalue weighted by molar-refractivity contribution is 5.66. The number of rotatable bonds is 5. The number of hydrogen-bond acceptors (Lipinski definition) is 3. The van der Waals surface area contributed by atoms with Gasteiger partial charge in [-0.1, -0.05) is 44.2 Å². The molecule has 0 atom stereocenters. The van der Waals surface area contributed by atoms with E-state index in [0.29, 0.717) is 17.5 Å². The Balaban J connectivity index is 1.69. The molecule has 2 heterocycles. The van der Waals surface area contributed by atoms with Crippen LogP contribution in [0, 0.1) is 5.92 Å². The van der Waals surface area contributed by atoms with Crippen LogP contribution in [-0.4, -0.2) is 17.7 Å². The monoisotopic (exact) mass is 339 g/mol. The number of piperidine rings is 1. The van der Waals surface area contributed by atoms with Gasteiger partial charge >= 0.3 is 0 Å². The van der Waals surface area contributed by atoms with Crippen molar-refractivity contribution in [1.29, 1.82) is 0 Å². The van der Waals surface area contributed by atoms with Gasteiger partial charge in [0.2, 0.25) is 0 Å². The molecule has 0 saturated carbocycles. The van der Waals surface area contributed by atoms with Crippen LogP contribution in [0.1, 0.15) is 44.6 Å². The topological polar surface area (TPSA) is 51.3 Å². The van der Waals surface area contributed by atoms with Crippen LogP contribution in [0.2, 0.25) is 0 Å². The predicted molar refractivity (Wildman–Crippen MR) is 105 cm³/mol. The molecule has 1 aromatic carbocycles. The first-order chi connectivity index (χ1) is 12.1. The largest absolute Gasteiger partial charge is 0.393 e. The van der Waals surface area contributed by atoms with Crippen molar-refractivity contribution >= 4 is 11.4 Å². The van der Waals surface area contributed by atoms with Gasteiger partial charge < -0.3 is 15.2 Å². The molecule has 0 bridgehead atoms. The number of aromatic nitrogens is 1. The molecule has 4 nitrogen and oxygen atoms in total. The molecular weight excluding hydrogens is 310 g/mol. The van der Waals surface area contributed by atoms with Gasteiger partial charge in [0.1, 0.15) is 5.69 Å². The molecule has 0 unspecified atom stereocenters. The van der Waals surface area contributed by atoms with Crippen molar-refractivity contribution in [3.05, 3.63) is 58.5 Å². The summed E-state index contributed by atoms with van der Waals surface area (Å²) in [5.74, 6) is 1.18. The van der Waals surface area contributed by atoms with Crippen molar-refractivity contribution in [3.63, 3.8) is 0 Å². The maximum Gasteiger partial charge on any atom is 0.275 e. The van der Waals surface area contributed by atoms with Crippen molar-refractivity contribution < 1.29 is 0 Å². The average Bonchev–Trinajstić information content (AvgIpc) is 2.64. The molecule has 0 aliphatic carbocycles. The fraction of sp³-hybridized carbons (Fsp3) is 0.476. The highest BCUT2D eigenvalue weighted by Crippen LogP contribution is 2.31. The normalized spacial score (nSPS) is 15.7. The molecule has 0 radical (unpaired) electrons. The third-order valence-electron chi connectivity index (χ3n) is 5.23. The van der Waals surface area contributed by atoms with Crippen LogP contribution in [0.15, 0.2) is 47.4 Å². The maximum absolute atomic E-state index is 12.5. The molecule has 1 aliphatic rings. The fourth-order valence-corrected chi connectivity index (χ4v) is 3.61. The van der Waals surface area contributed by atoms with Crippen LogP contribution < -0.4 is 16.2 Å². The van der Waals surface area contributed by atoms with Gasteiger partial charge in [0, 0.05) is 25.8 Å². The Bertz CT molecular complexity index is 743. The minimum absolute atomic E-state index is 0.0525. The van der Waals surface area contributed by atoms with Gasteiger partial charge in [0.15, 0.2) is 0 Å². The summed E-state index contributed by atoms with van der Waals surface area (Å²) in [7, 11) is 0. The quantitative estimate of drug-likeness (QED) is 0.900. The fourth-order valence-electron chi connectivity index (χ4n) is 3.61. The van der Waals surface area contributed by atoms with E-state index in [2.05, 4.69) is 49.1 Å². The van der Waals surface area contributed by atoms with E-state index in [1.807, 2.05) is 12.3 Å². The SMILES string of the molecule is CC(C)CCn1ccc(N2CCC(c3ccccc3)CC2)c(N)c1=O. The lowest BCUT2D eigenvalue weighted by molar-refractivity contribution is 0.500. The summed E-state index contributed by atoms with van der Waals surface area (Å²) < 4.78 is 1.75. The molecule has 1 fully saturated rings. The van der Waals surface area contributed by atoms with Gasteiger partial charge in [-0.3, -0.25) is 4.79 Å². The Kier molecular flexibility index (Phi) is 5.47.